The van der Waals surface area contributed by atoms with Gasteiger partial charge in [-0.2, -0.15) is 13.2 Å². The number of benzene rings is 1. The molecule has 1 aromatic rings. The summed E-state index contributed by atoms with van der Waals surface area (Å²) in [6, 6.07) is 7.65. The molecule has 33 heavy (non-hydrogen) atoms. The number of carbonyl (C=O) groups is 2. The molecule has 3 atom stereocenters. The van der Waals surface area contributed by atoms with Crippen molar-refractivity contribution in [2.75, 3.05) is 19.6 Å². The van der Waals surface area contributed by atoms with Gasteiger partial charge in [-0.25, -0.2) is 4.79 Å². The minimum atomic E-state index is -5.01. The number of piperidine rings is 2. The number of esters is 1. The Morgan fingerprint density at radius 2 is 1.52 bits per heavy atom. The number of amides is 1. The fraction of sp³-hybridized carbons (Fsp3) is 0.680. The molecule has 0 spiro atoms. The minimum Gasteiger partial charge on any atom is -0.439 e. The lowest BCUT2D eigenvalue weighted by Gasteiger charge is -2.48. The molecule has 5 nitrogen and oxygen atoms in total. The molecule has 0 aromatic heterocycles. The molecule has 2 heterocycles. The Labute approximate surface area is 194 Å². The highest BCUT2D eigenvalue weighted by molar-refractivity contribution is 5.94. The summed E-state index contributed by atoms with van der Waals surface area (Å²) < 4.78 is 43.5. The van der Waals surface area contributed by atoms with Gasteiger partial charge >= 0.3 is 12.1 Å². The third-order valence-electron chi connectivity index (χ3n) is 7.19. The number of rotatable bonds is 3. The Bertz CT molecular complexity index is 840. The molecule has 3 rings (SSSR count). The Kier molecular flexibility index (Phi) is 7.46. The summed E-state index contributed by atoms with van der Waals surface area (Å²) in [5.41, 5.74) is 1.80. The standard InChI is InChI=1S/C25H35F3N2O3/c1-16-10-15-30(22(17(16)2)33-23(32)25(26,27)28)20-11-13-29(14-12-20)21(31)18-6-8-19(9-7-18)24(3,4)5/h6-9,16-17,20,22H,10-15H2,1-5H3. The van der Waals surface area contributed by atoms with Crippen molar-refractivity contribution in [3.05, 3.63) is 35.4 Å². The van der Waals surface area contributed by atoms with Crippen LogP contribution in [0.1, 0.15) is 69.8 Å². The predicted molar refractivity (Wildman–Crippen MR) is 120 cm³/mol. The average Bonchev–Trinajstić information content (AvgIpc) is 2.75. The number of likely N-dealkylation sites (tertiary alicyclic amines) is 2. The third-order valence-corrected chi connectivity index (χ3v) is 7.19. The lowest BCUT2D eigenvalue weighted by molar-refractivity contribution is -0.225. The molecule has 184 valence electrons. The molecule has 2 saturated heterocycles. The topological polar surface area (TPSA) is 49.9 Å². The van der Waals surface area contributed by atoms with Crippen molar-refractivity contribution in [3.63, 3.8) is 0 Å². The van der Waals surface area contributed by atoms with Gasteiger partial charge in [0, 0.05) is 37.2 Å². The number of carbonyl (C=O) groups excluding carboxylic acids is 2. The number of hydrogen-bond acceptors (Lipinski definition) is 4. The Morgan fingerprint density at radius 3 is 2.03 bits per heavy atom. The van der Waals surface area contributed by atoms with Gasteiger partial charge in [-0.1, -0.05) is 46.8 Å². The van der Waals surface area contributed by atoms with Gasteiger partial charge in [-0.15, -0.1) is 0 Å². The van der Waals surface area contributed by atoms with Crippen LogP contribution in [0.25, 0.3) is 0 Å². The zero-order chi connectivity index (χ0) is 24.6. The maximum absolute atomic E-state index is 13.0. The van der Waals surface area contributed by atoms with Crippen molar-refractivity contribution in [2.24, 2.45) is 11.8 Å². The van der Waals surface area contributed by atoms with Crippen LogP contribution in [0.15, 0.2) is 24.3 Å². The van der Waals surface area contributed by atoms with Gasteiger partial charge in [-0.05, 0) is 48.3 Å². The van der Waals surface area contributed by atoms with Crippen LogP contribution >= 0.6 is 0 Å². The van der Waals surface area contributed by atoms with E-state index in [0.29, 0.717) is 38.0 Å². The van der Waals surface area contributed by atoms with Crippen molar-refractivity contribution < 1.29 is 27.5 Å². The van der Waals surface area contributed by atoms with Crippen LogP contribution in [-0.2, 0) is 14.9 Å². The van der Waals surface area contributed by atoms with E-state index in [-0.39, 0.29) is 29.2 Å². The van der Waals surface area contributed by atoms with Gasteiger partial charge < -0.3 is 9.64 Å². The van der Waals surface area contributed by atoms with Gasteiger partial charge in [0.05, 0.1) is 0 Å². The maximum atomic E-state index is 13.0. The molecule has 0 bridgehead atoms. The fourth-order valence-electron chi connectivity index (χ4n) is 4.76. The molecule has 2 aliphatic heterocycles. The molecule has 1 amide bonds. The summed E-state index contributed by atoms with van der Waals surface area (Å²) in [6.07, 6.45) is -3.81. The summed E-state index contributed by atoms with van der Waals surface area (Å²) in [5, 5.41) is 0. The molecule has 3 unspecified atom stereocenters. The maximum Gasteiger partial charge on any atom is 0.490 e. The zero-order valence-corrected chi connectivity index (χ0v) is 20.1. The van der Waals surface area contributed by atoms with E-state index in [1.54, 1.807) is 4.90 Å². The minimum absolute atomic E-state index is 0.00904. The van der Waals surface area contributed by atoms with Crippen LogP contribution < -0.4 is 0 Å². The lowest BCUT2D eigenvalue weighted by Crippen LogP contribution is -2.57. The average molecular weight is 469 g/mol. The first-order chi connectivity index (χ1) is 15.3. The Hall–Kier alpha value is -2.09. The number of nitrogens with zero attached hydrogens (tertiary/aromatic N) is 2. The first kappa shape index (κ1) is 25.5. The summed E-state index contributed by atoms with van der Waals surface area (Å²) in [4.78, 5) is 28.3. The molecule has 0 aliphatic carbocycles. The van der Waals surface area contributed by atoms with Gasteiger partial charge in [0.15, 0.2) is 6.23 Å². The summed E-state index contributed by atoms with van der Waals surface area (Å²) in [7, 11) is 0. The van der Waals surface area contributed by atoms with Crippen LogP contribution in [0.5, 0.6) is 0 Å². The molecule has 0 saturated carbocycles. The number of hydrogen-bond donors (Lipinski definition) is 0. The first-order valence-electron chi connectivity index (χ1n) is 11.7. The summed E-state index contributed by atoms with van der Waals surface area (Å²) in [6.45, 7) is 11.8. The molecule has 2 fully saturated rings. The molecule has 1 aromatic carbocycles. The largest absolute Gasteiger partial charge is 0.490 e. The van der Waals surface area contributed by atoms with E-state index in [2.05, 4.69) is 20.8 Å². The highest BCUT2D eigenvalue weighted by Gasteiger charge is 2.47. The van der Waals surface area contributed by atoms with Crippen LogP contribution in [0, 0.1) is 11.8 Å². The summed E-state index contributed by atoms with van der Waals surface area (Å²) in [5.74, 6) is -2.21. The number of alkyl halides is 3. The smallest absolute Gasteiger partial charge is 0.439 e. The second-order valence-electron chi connectivity index (χ2n) is 10.5. The molecule has 0 N–H and O–H groups in total. The second-order valence-corrected chi connectivity index (χ2v) is 10.5. The van der Waals surface area contributed by atoms with Crippen LogP contribution in [0.3, 0.4) is 0 Å². The van der Waals surface area contributed by atoms with Crippen LogP contribution in [0.4, 0.5) is 13.2 Å². The second kappa shape index (κ2) is 9.65. The number of ether oxygens (including phenoxy) is 1. The van der Waals surface area contributed by atoms with Gasteiger partial charge in [0.2, 0.25) is 0 Å². The summed E-state index contributed by atoms with van der Waals surface area (Å²) >= 11 is 0. The van der Waals surface area contributed by atoms with E-state index in [9.17, 15) is 22.8 Å². The quantitative estimate of drug-likeness (QED) is 0.586. The molecule has 2 aliphatic rings. The van der Waals surface area contributed by atoms with Crippen molar-refractivity contribution in [1.82, 2.24) is 9.80 Å². The fourth-order valence-corrected chi connectivity index (χ4v) is 4.76. The van der Waals surface area contributed by atoms with E-state index >= 15 is 0 Å². The van der Waals surface area contributed by atoms with E-state index in [4.69, 9.17) is 4.74 Å². The Morgan fingerprint density at radius 1 is 0.939 bits per heavy atom. The highest BCUT2D eigenvalue weighted by atomic mass is 19.4. The Balaban J connectivity index is 1.64. The van der Waals surface area contributed by atoms with E-state index < -0.39 is 18.4 Å². The van der Waals surface area contributed by atoms with Gasteiger partial charge in [0.25, 0.3) is 5.91 Å². The van der Waals surface area contributed by atoms with Crippen LogP contribution in [-0.4, -0.2) is 59.8 Å². The van der Waals surface area contributed by atoms with Crippen molar-refractivity contribution in [1.29, 1.82) is 0 Å². The zero-order valence-electron chi connectivity index (χ0n) is 20.1. The molecular weight excluding hydrogens is 433 g/mol. The van der Waals surface area contributed by atoms with Crippen LogP contribution in [0.2, 0.25) is 0 Å². The molecule has 8 heteroatoms. The van der Waals surface area contributed by atoms with Crippen molar-refractivity contribution in [3.8, 4) is 0 Å². The van der Waals surface area contributed by atoms with E-state index in [1.165, 1.54) is 0 Å². The highest BCUT2D eigenvalue weighted by Crippen LogP contribution is 2.35. The van der Waals surface area contributed by atoms with E-state index in [0.717, 1.165) is 12.0 Å². The SMILES string of the molecule is CC1CCN(C2CCN(C(=O)c3ccc(C(C)(C)C)cc3)CC2)C(OC(=O)C(F)(F)F)C1C. The predicted octanol–water partition coefficient (Wildman–Crippen LogP) is 5.00. The van der Waals surface area contributed by atoms with Crippen molar-refractivity contribution >= 4 is 11.9 Å². The monoisotopic (exact) mass is 468 g/mol. The third kappa shape index (κ3) is 5.89. The normalized spacial score (nSPS) is 25.7. The lowest BCUT2D eigenvalue weighted by atomic mass is 9.85. The van der Waals surface area contributed by atoms with Gasteiger partial charge in [-0.3, -0.25) is 9.69 Å². The molecular formula is C25H35F3N2O3. The van der Waals surface area contributed by atoms with Gasteiger partial charge in [0.1, 0.15) is 0 Å². The molecule has 0 radical (unpaired) electrons. The van der Waals surface area contributed by atoms with Crippen molar-refractivity contribution in [2.45, 2.75) is 77.7 Å². The van der Waals surface area contributed by atoms with E-state index in [1.807, 2.05) is 43.0 Å². The number of halogens is 3. The first-order valence-corrected chi connectivity index (χ1v) is 11.7.